The second-order valence-corrected chi connectivity index (χ2v) is 11.2. The molecule has 2 rings (SSSR count). The molecule has 198 valence electrons. The third kappa shape index (κ3) is 7.21. The van der Waals surface area contributed by atoms with Gasteiger partial charge in [-0.05, 0) is 52.9 Å². The summed E-state index contributed by atoms with van der Waals surface area (Å²) in [5.41, 5.74) is -3.05. The summed E-state index contributed by atoms with van der Waals surface area (Å²) in [4.78, 5) is 25.7. The molecule has 34 heavy (non-hydrogen) atoms. The first kappa shape index (κ1) is 29.1. The first-order chi connectivity index (χ1) is 15.6. The van der Waals surface area contributed by atoms with Gasteiger partial charge in [0.1, 0.15) is 18.0 Å². The largest absolute Gasteiger partial charge is 0.462 e. The van der Waals surface area contributed by atoms with E-state index in [0.717, 1.165) is 0 Å². The lowest BCUT2D eigenvalue weighted by Gasteiger charge is -2.39. The number of aliphatic hydroxyl groups is 4. The second kappa shape index (κ2) is 11.3. The molecule has 2 heterocycles. The maximum absolute atomic E-state index is 12.9. The zero-order valence-electron chi connectivity index (χ0n) is 21.6. The van der Waals surface area contributed by atoms with E-state index in [1.54, 1.807) is 27.7 Å². The predicted molar refractivity (Wildman–Crippen MR) is 124 cm³/mol. The van der Waals surface area contributed by atoms with Crippen molar-refractivity contribution in [3.8, 4) is 0 Å². The fraction of sp³-hybridized carbons (Fsp3) is 0.920. The van der Waals surface area contributed by atoms with Crippen molar-refractivity contribution < 1.29 is 44.2 Å². The zero-order chi connectivity index (χ0) is 26.0. The summed E-state index contributed by atoms with van der Waals surface area (Å²) < 4.78 is 17.3. The molecule has 9 heteroatoms. The highest BCUT2D eigenvalue weighted by molar-refractivity contribution is 5.83. The first-order valence-corrected chi connectivity index (χ1v) is 12.4. The van der Waals surface area contributed by atoms with Gasteiger partial charge >= 0.3 is 5.97 Å². The van der Waals surface area contributed by atoms with Gasteiger partial charge in [-0.15, -0.1) is 0 Å². The number of Topliss-reactive ketones (excluding diaryl/α,β-unsaturated/α-hetero) is 1. The Bertz CT molecular complexity index is 694. The lowest BCUT2D eigenvalue weighted by atomic mass is 9.78. The third-order valence-electron chi connectivity index (χ3n) is 7.52. The van der Waals surface area contributed by atoms with Crippen LogP contribution in [-0.2, 0) is 23.8 Å². The van der Waals surface area contributed by atoms with Gasteiger partial charge in [0.15, 0.2) is 6.29 Å². The van der Waals surface area contributed by atoms with Crippen LogP contribution in [0.4, 0.5) is 0 Å². The highest BCUT2D eigenvalue weighted by Gasteiger charge is 2.43. The number of hydrogen-bond donors (Lipinski definition) is 4. The van der Waals surface area contributed by atoms with E-state index in [0.29, 0.717) is 12.8 Å². The van der Waals surface area contributed by atoms with E-state index in [9.17, 15) is 30.0 Å². The maximum Gasteiger partial charge on any atom is 0.311 e. The number of rotatable bonds is 2. The topological polar surface area (TPSA) is 143 Å². The average Bonchev–Trinajstić information content (AvgIpc) is 2.75. The Labute approximate surface area is 202 Å². The van der Waals surface area contributed by atoms with Crippen molar-refractivity contribution >= 4 is 11.8 Å². The minimum atomic E-state index is -1.83. The normalized spacial score (nSPS) is 48.1. The van der Waals surface area contributed by atoms with E-state index in [2.05, 4.69) is 0 Å². The molecule has 4 N–H and O–H groups in total. The molecule has 0 aromatic carbocycles. The van der Waals surface area contributed by atoms with Crippen LogP contribution in [-0.4, -0.2) is 80.7 Å². The van der Waals surface area contributed by atoms with Crippen LogP contribution in [0.3, 0.4) is 0 Å². The van der Waals surface area contributed by atoms with E-state index in [1.165, 1.54) is 13.8 Å². The Morgan fingerprint density at radius 2 is 1.62 bits per heavy atom. The monoisotopic (exact) mass is 488 g/mol. The van der Waals surface area contributed by atoms with Crippen LogP contribution in [0.2, 0.25) is 0 Å². The van der Waals surface area contributed by atoms with Gasteiger partial charge in [0, 0.05) is 18.3 Å². The molecule has 0 radical (unpaired) electrons. The Balaban J connectivity index is 2.27. The fourth-order valence-corrected chi connectivity index (χ4v) is 5.04. The number of cyclic esters (lactones) is 1. The summed E-state index contributed by atoms with van der Waals surface area (Å²) in [7, 11) is 0. The molecule has 0 aromatic rings. The number of hydrogen-bond acceptors (Lipinski definition) is 9. The quantitative estimate of drug-likeness (QED) is 0.426. The molecular formula is C25H44O9. The van der Waals surface area contributed by atoms with Crippen LogP contribution < -0.4 is 0 Å². The highest BCUT2D eigenvalue weighted by Crippen LogP contribution is 2.33. The summed E-state index contributed by atoms with van der Waals surface area (Å²) in [6.45, 7) is 11.0. The molecule has 0 bridgehead atoms. The van der Waals surface area contributed by atoms with Crippen LogP contribution in [0.1, 0.15) is 74.1 Å². The van der Waals surface area contributed by atoms with Crippen molar-refractivity contribution in [1.82, 2.24) is 0 Å². The van der Waals surface area contributed by atoms with Crippen LogP contribution >= 0.6 is 0 Å². The smallest absolute Gasteiger partial charge is 0.311 e. The number of ether oxygens (including phenoxy) is 3. The minimum Gasteiger partial charge on any atom is -0.462 e. The van der Waals surface area contributed by atoms with Crippen molar-refractivity contribution in [3.05, 3.63) is 0 Å². The molecule has 0 aromatic heterocycles. The van der Waals surface area contributed by atoms with Crippen molar-refractivity contribution in [1.29, 1.82) is 0 Å². The molecule has 0 amide bonds. The molecule has 11 atom stereocenters. The number of ketones is 1. The van der Waals surface area contributed by atoms with Gasteiger partial charge in [-0.1, -0.05) is 20.8 Å². The van der Waals surface area contributed by atoms with Crippen LogP contribution in [0, 0.1) is 23.7 Å². The molecule has 0 aliphatic carbocycles. The lowest BCUT2D eigenvalue weighted by molar-refractivity contribution is -0.255. The van der Waals surface area contributed by atoms with E-state index in [1.807, 2.05) is 6.92 Å². The summed E-state index contributed by atoms with van der Waals surface area (Å²) in [6, 6.07) is 0. The Hall–Kier alpha value is -1.10. The summed E-state index contributed by atoms with van der Waals surface area (Å²) in [5, 5.41) is 42.6. The van der Waals surface area contributed by atoms with Gasteiger partial charge < -0.3 is 34.6 Å². The fourth-order valence-electron chi connectivity index (χ4n) is 5.04. The van der Waals surface area contributed by atoms with Gasteiger partial charge in [0.05, 0.1) is 35.9 Å². The van der Waals surface area contributed by atoms with E-state index < -0.39 is 72.2 Å². The van der Waals surface area contributed by atoms with Gasteiger partial charge in [0.2, 0.25) is 0 Å². The van der Waals surface area contributed by atoms with Gasteiger partial charge in [0.25, 0.3) is 0 Å². The predicted octanol–water partition coefficient (Wildman–Crippen LogP) is 1.57. The van der Waals surface area contributed by atoms with Crippen molar-refractivity contribution in [2.24, 2.45) is 23.7 Å². The molecule has 0 spiro atoms. The molecular weight excluding hydrogens is 444 g/mol. The molecule has 2 saturated heterocycles. The van der Waals surface area contributed by atoms with Crippen LogP contribution in [0.25, 0.3) is 0 Å². The third-order valence-corrected chi connectivity index (χ3v) is 7.52. The summed E-state index contributed by atoms with van der Waals surface area (Å²) in [6.07, 6.45) is -2.60. The lowest BCUT2D eigenvalue weighted by Crippen LogP contribution is -2.51. The molecule has 2 fully saturated rings. The standard InChI is InChI=1S/C25H44O9/c1-13-10-19(33-17(5)21(13)27)34-18-8-9-24(6,30)11-14(2)20(26)16(4)22(28)25(7,31)12-32-23(29)15(18)3/h13-19,21-22,27-28,30-31H,8-12H2,1-7H3/t13?,14-,15?,16?,17?,18+,19+,21-,22?,24+,25-/m1/s1. The Kier molecular flexibility index (Phi) is 9.69. The first-order valence-electron chi connectivity index (χ1n) is 12.4. The van der Waals surface area contributed by atoms with E-state index in [4.69, 9.17) is 14.2 Å². The minimum absolute atomic E-state index is 0.0527. The average molecular weight is 489 g/mol. The van der Waals surface area contributed by atoms with Crippen LogP contribution in [0.5, 0.6) is 0 Å². The molecule has 0 saturated carbocycles. The zero-order valence-corrected chi connectivity index (χ0v) is 21.6. The van der Waals surface area contributed by atoms with Crippen molar-refractivity contribution in [3.63, 3.8) is 0 Å². The van der Waals surface area contributed by atoms with E-state index in [-0.39, 0.29) is 24.5 Å². The summed E-state index contributed by atoms with van der Waals surface area (Å²) >= 11 is 0. The molecule has 5 unspecified atom stereocenters. The number of esters is 1. The Morgan fingerprint density at radius 1 is 1.00 bits per heavy atom. The number of aliphatic hydroxyl groups excluding tert-OH is 2. The van der Waals surface area contributed by atoms with Crippen molar-refractivity contribution in [2.75, 3.05) is 6.61 Å². The maximum atomic E-state index is 12.9. The number of carbonyl (C=O) groups is 2. The van der Waals surface area contributed by atoms with Crippen molar-refractivity contribution in [2.45, 2.75) is 116 Å². The van der Waals surface area contributed by atoms with E-state index >= 15 is 0 Å². The van der Waals surface area contributed by atoms with Gasteiger partial charge in [-0.2, -0.15) is 0 Å². The number of carbonyl (C=O) groups excluding carboxylic acids is 2. The van der Waals surface area contributed by atoms with Gasteiger partial charge in [-0.3, -0.25) is 9.59 Å². The van der Waals surface area contributed by atoms with Crippen LogP contribution in [0.15, 0.2) is 0 Å². The second-order valence-electron chi connectivity index (χ2n) is 11.2. The summed E-state index contributed by atoms with van der Waals surface area (Å²) in [5.74, 6) is -3.16. The SMILES string of the molecule is CC1C(=O)[C@H](C)C[C@@](C)(O)CC[C@H](O[C@H]2CC(C)[C@@H](O)C(C)O2)C(C)C(=O)OC[C@@](C)(O)C1O. The molecule has 2 aliphatic rings. The molecule has 2 aliphatic heterocycles. The van der Waals surface area contributed by atoms with Gasteiger partial charge in [-0.25, -0.2) is 0 Å². The highest BCUT2D eigenvalue weighted by atomic mass is 16.7. The molecule has 9 nitrogen and oxygen atoms in total. The Morgan fingerprint density at radius 3 is 2.21 bits per heavy atom.